The molecule has 0 saturated carbocycles. The summed E-state index contributed by atoms with van der Waals surface area (Å²) in [4.78, 5) is 0. The maximum atomic E-state index is 6.00. The van der Waals surface area contributed by atoms with Gasteiger partial charge in [0, 0.05) is 12.1 Å². The Morgan fingerprint density at radius 3 is 2.56 bits per heavy atom. The van der Waals surface area contributed by atoms with Crippen molar-refractivity contribution in [3.63, 3.8) is 0 Å². The van der Waals surface area contributed by atoms with E-state index in [0.29, 0.717) is 6.54 Å². The highest BCUT2D eigenvalue weighted by Crippen LogP contribution is 2.16. The highest BCUT2D eigenvalue weighted by molar-refractivity contribution is 5.18. The zero-order valence-electron chi connectivity index (χ0n) is 11.7. The van der Waals surface area contributed by atoms with Gasteiger partial charge in [-0.25, -0.2) is 0 Å². The molecule has 18 heavy (non-hydrogen) atoms. The summed E-state index contributed by atoms with van der Waals surface area (Å²) < 4.78 is 0. The van der Waals surface area contributed by atoms with E-state index in [1.54, 1.807) is 0 Å². The molecule has 0 fully saturated rings. The SMILES string of the molecule is C/C=C/CCNC(CC)(CN)Cc1ccccc1. The van der Waals surface area contributed by atoms with Gasteiger partial charge in [0.15, 0.2) is 0 Å². The van der Waals surface area contributed by atoms with Crippen molar-refractivity contribution in [2.24, 2.45) is 5.73 Å². The third-order valence-corrected chi connectivity index (χ3v) is 3.50. The van der Waals surface area contributed by atoms with Crippen LogP contribution in [-0.4, -0.2) is 18.6 Å². The van der Waals surface area contributed by atoms with Crippen LogP contribution in [0, 0.1) is 0 Å². The van der Waals surface area contributed by atoms with Crippen molar-refractivity contribution in [1.82, 2.24) is 5.32 Å². The molecule has 2 nitrogen and oxygen atoms in total. The topological polar surface area (TPSA) is 38.0 Å². The van der Waals surface area contributed by atoms with Crippen molar-refractivity contribution < 1.29 is 0 Å². The van der Waals surface area contributed by atoms with E-state index in [4.69, 9.17) is 5.73 Å². The molecule has 0 radical (unpaired) electrons. The van der Waals surface area contributed by atoms with E-state index < -0.39 is 0 Å². The maximum Gasteiger partial charge on any atom is 0.0342 e. The molecule has 100 valence electrons. The van der Waals surface area contributed by atoms with Gasteiger partial charge < -0.3 is 11.1 Å². The standard InChI is InChI=1S/C16H26N2/c1-3-5-9-12-18-16(4-2,14-17)13-15-10-7-6-8-11-15/h3,5-8,10-11,18H,4,9,12-14,17H2,1-2H3/b5-3+. The molecule has 1 atom stereocenters. The molecule has 0 aliphatic rings. The monoisotopic (exact) mass is 246 g/mol. The minimum Gasteiger partial charge on any atom is -0.329 e. The van der Waals surface area contributed by atoms with Gasteiger partial charge >= 0.3 is 0 Å². The van der Waals surface area contributed by atoms with Gasteiger partial charge in [-0.3, -0.25) is 0 Å². The summed E-state index contributed by atoms with van der Waals surface area (Å²) >= 11 is 0. The number of rotatable bonds is 8. The Morgan fingerprint density at radius 2 is 2.00 bits per heavy atom. The summed E-state index contributed by atoms with van der Waals surface area (Å²) in [5.74, 6) is 0. The predicted octanol–water partition coefficient (Wildman–Crippen LogP) is 2.89. The molecule has 0 heterocycles. The first-order valence-electron chi connectivity index (χ1n) is 6.86. The Kier molecular flexibility index (Phi) is 6.69. The van der Waals surface area contributed by atoms with Crippen molar-refractivity contribution in [1.29, 1.82) is 0 Å². The molecule has 0 spiro atoms. The molecule has 0 amide bonds. The summed E-state index contributed by atoms with van der Waals surface area (Å²) in [5.41, 5.74) is 7.38. The third kappa shape index (κ3) is 4.63. The molecule has 2 heteroatoms. The first-order valence-corrected chi connectivity index (χ1v) is 6.86. The Labute approximate surface area is 111 Å². The Morgan fingerprint density at radius 1 is 1.28 bits per heavy atom. The average molecular weight is 246 g/mol. The number of nitrogens with one attached hydrogen (secondary N) is 1. The van der Waals surface area contributed by atoms with Gasteiger partial charge in [-0.05, 0) is 38.3 Å². The largest absolute Gasteiger partial charge is 0.329 e. The molecule has 0 saturated heterocycles. The molecular weight excluding hydrogens is 220 g/mol. The van der Waals surface area contributed by atoms with Crippen molar-refractivity contribution in [3.05, 3.63) is 48.0 Å². The van der Waals surface area contributed by atoms with E-state index in [0.717, 1.165) is 25.8 Å². The summed E-state index contributed by atoms with van der Waals surface area (Å²) in [6, 6.07) is 10.6. The first-order chi connectivity index (χ1) is 8.76. The number of hydrogen-bond donors (Lipinski definition) is 2. The minimum absolute atomic E-state index is 0.0307. The van der Waals surface area contributed by atoms with Crippen LogP contribution in [0.3, 0.4) is 0 Å². The summed E-state index contributed by atoms with van der Waals surface area (Å²) in [5, 5.41) is 3.64. The number of hydrogen-bond acceptors (Lipinski definition) is 2. The average Bonchev–Trinajstić information content (AvgIpc) is 2.43. The lowest BCUT2D eigenvalue weighted by Gasteiger charge is -2.33. The number of allylic oxidation sites excluding steroid dienone is 1. The van der Waals surface area contributed by atoms with Gasteiger partial charge in [-0.15, -0.1) is 0 Å². The van der Waals surface area contributed by atoms with E-state index >= 15 is 0 Å². The van der Waals surface area contributed by atoms with E-state index in [1.165, 1.54) is 5.56 Å². The molecule has 1 unspecified atom stereocenters. The van der Waals surface area contributed by atoms with E-state index in [1.807, 2.05) is 0 Å². The predicted molar refractivity (Wildman–Crippen MR) is 79.7 cm³/mol. The fourth-order valence-electron chi connectivity index (χ4n) is 2.18. The van der Waals surface area contributed by atoms with Crippen LogP contribution < -0.4 is 11.1 Å². The second kappa shape index (κ2) is 8.06. The van der Waals surface area contributed by atoms with Crippen molar-refractivity contribution in [2.75, 3.05) is 13.1 Å². The summed E-state index contributed by atoms with van der Waals surface area (Å²) in [6.07, 6.45) is 7.39. The van der Waals surface area contributed by atoms with Crippen LogP contribution >= 0.6 is 0 Å². The highest BCUT2D eigenvalue weighted by atomic mass is 15.0. The van der Waals surface area contributed by atoms with Crippen LogP contribution in [0.1, 0.15) is 32.3 Å². The van der Waals surface area contributed by atoms with Gasteiger partial charge in [0.25, 0.3) is 0 Å². The van der Waals surface area contributed by atoms with E-state index in [-0.39, 0.29) is 5.54 Å². The van der Waals surface area contributed by atoms with Crippen LogP contribution in [-0.2, 0) is 6.42 Å². The molecule has 1 aromatic rings. The second-order valence-electron chi connectivity index (χ2n) is 4.78. The van der Waals surface area contributed by atoms with Crippen molar-refractivity contribution in [2.45, 2.75) is 38.6 Å². The fraction of sp³-hybridized carbons (Fsp3) is 0.500. The van der Waals surface area contributed by atoms with Crippen LogP contribution in [0.2, 0.25) is 0 Å². The molecule has 0 bridgehead atoms. The van der Waals surface area contributed by atoms with Gasteiger partial charge in [0.2, 0.25) is 0 Å². The normalized spacial score (nSPS) is 14.8. The molecule has 1 aromatic carbocycles. The maximum absolute atomic E-state index is 6.00. The number of nitrogens with two attached hydrogens (primary N) is 1. The minimum atomic E-state index is 0.0307. The Bertz CT molecular complexity index is 339. The quantitative estimate of drug-likeness (QED) is 0.547. The molecule has 3 N–H and O–H groups in total. The molecular formula is C16H26N2. The van der Waals surface area contributed by atoms with E-state index in [2.05, 4.69) is 61.6 Å². The molecule has 0 aliphatic heterocycles. The lowest BCUT2D eigenvalue weighted by atomic mass is 9.88. The molecule has 0 aliphatic carbocycles. The molecule has 1 rings (SSSR count). The van der Waals surface area contributed by atoms with Gasteiger partial charge in [0.05, 0.1) is 0 Å². The van der Waals surface area contributed by atoms with Crippen LogP contribution in [0.25, 0.3) is 0 Å². The highest BCUT2D eigenvalue weighted by Gasteiger charge is 2.25. The third-order valence-electron chi connectivity index (χ3n) is 3.50. The Balaban J connectivity index is 2.61. The van der Waals surface area contributed by atoms with Gasteiger partial charge in [0.1, 0.15) is 0 Å². The first kappa shape index (κ1) is 14.9. The second-order valence-corrected chi connectivity index (χ2v) is 4.78. The van der Waals surface area contributed by atoms with Crippen LogP contribution in [0.15, 0.2) is 42.5 Å². The molecule has 0 aromatic heterocycles. The lowest BCUT2D eigenvalue weighted by molar-refractivity contribution is 0.321. The van der Waals surface area contributed by atoms with Crippen LogP contribution in [0.4, 0.5) is 0 Å². The van der Waals surface area contributed by atoms with Crippen LogP contribution in [0.5, 0.6) is 0 Å². The summed E-state index contributed by atoms with van der Waals surface area (Å²) in [7, 11) is 0. The fourth-order valence-corrected chi connectivity index (χ4v) is 2.18. The van der Waals surface area contributed by atoms with Crippen molar-refractivity contribution in [3.8, 4) is 0 Å². The smallest absolute Gasteiger partial charge is 0.0342 e. The van der Waals surface area contributed by atoms with Gasteiger partial charge in [-0.2, -0.15) is 0 Å². The van der Waals surface area contributed by atoms with Crippen molar-refractivity contribution >= 4 is 0 Å². The lowest BCUT2D eigenvalue weighted by Crippen LogP contribution is -2.52. The number of benzene rings is 1. The summed E-state index contributed by atoms with van der Waals surface area (Å²) in [6.45, 7) is 5.93. The zero-order chi connectivity index (χ0) is 13.3. The Hall–Kier alpha value is -1.12. The zero-order valence-corrected chi connectivity index (χ0v) is 11.7. The van der Waals surface area contributed by atoms with Gasteiger partial charge in [-0.1, -0.05) is 49.4 Å². The van der Waals surface area contributed by atoms with E-state index in [9.17, 15) is 0 Å².